The van der Waals surface area contributed by atoms with Crippen LogP contribution in [-0.4, -0.2) is 84.5 Å². The third kappa shape index (κ3) is 19.0. The number of aromatic amines is 2. The Morgan fingerprint density at radius 1 is 0.160 bits per heavy atom. The number of aryl methyl sites for hydroxylation is 12. The molecule has 2 aliphatic heterocycles. The summed E-state index contributed by atoms with van der Waals surface area (Å²) in [5, 5.41) is 11.7. The maximum Gasteiger partial charge on any atom is 0.0783 e. The smallest absolute Gasteiger partial charge is 0.0783 e. The number of benzene rings is 12. The van der Waals surface area contributed by atoms with Gasteiger partial charge < -0.3 is 9.97 Å². The zero-order chi connectivity index (χ0) is 105. The second kappa shape index (κ2) is 37.7. The van der Waals surface area contributed by atoms with Crippen LogP contribution >= 0.6 is 0 Å². The summed E-state index contributed by atoms with van der Waals surface area (Å²) in [6, 6.07) is 78.3. The molecule has 0 spiro atoms. The van der Waals surface area contributed by atoms with Gasteiger partial charge in [-0.1, -0.05) is 391 Å². The van der Waals surface area contributed by atoms with Crippen LogP contribution in [0.1, 0.15) is 112 Å². The van der Waals surface area contributed by atoms with Crippen LogP contribution in [0, 0.1) is 111 Å². The molecule has 4 nitrogen and oxygen atoms in total. The predicted molar refractivity (Wildman–Crippen MR) is 664 cm³/mol. The van der Waals surface area contributed by atoms with E-state index in [1.807, 2.05) is 0 Å². The summed E-state index contributed by atoms with van der Waals surface area (Å²) in [5.41, 5.74) is 57.6. The first-order chi connectivity index (χ1) is 67.1. The van der Waals surface area contributed by atoms with E-state index in [1.54, 1.807) is 0 Å². The Morgan fingerprint density at radius 3 is 0.493 bits per heavy atom. The highest BCUT2D eigenvalue weighted by Crippen LogP contribution is 2.53. The van der Waals surface area contributed by atoms with Gasteiger partial charge in [0.05, 0.1) is 87.4 Å². The van der Waals surface area contributed by atoms with E-state index in [-0.39, 0.29) is 0 Å². The molecule has 0 amide bonds. The fraction of sp³-hybridized carbons (Fsp3) is 0.303. The number of rotatable bonds is 20. The van der Waals surface area contributed by atoms with Crippen molar-refractivity contribution in [2.24, 2.45) is 0 Å². The van der Waals surface area contributed by atoms with Crippen molar-refractivity contribution in [1.82, 2.24) is 19.9 Å². The molecule has 0 saturated heterocycles. The minimum atomic E-state index is -2.09. The highest BCUT2D eigenvalue weighted by atomic mass is 28.3. The number of hydrogen-bond donors (Lipinski definition) is 2. The maximum absolute atomic E-state index is 6.54. The van der Waals surface area contributed by atoms with Gasteiger partial charge in [-0.2, -0.15) is 0 Å². The summed E-state index contributed by atoms with van der Waals surface area (Å²) in [7, 11) is -16.3. The van der Waals surface area contributed by atoms with Gasteiger partial charge in [-0.15, -0.1) is 0 Å². The van der Waals surface area contributed by atoms with Crippen molar-refractivity contribution in [3.05, 3.63) is 306 Å². The van der Waals surface area contributed by atoms with Crippen LogP contribution in [0.15, 0.2) is 194 Å². The Morgan fingerprint density at radius 2 is 0.333 bits per heavy atom. The Balaban J connectivity index is 1.15. The third-order valence-electron chi connectivity index (χ3n) is 31.6. The maximum atomic E-state index is 6.54. The molecular weight excluding hydrogens is 1870 g/mol. The summed E-state index contributed by atoms with van der Waals surface area (Å²) >= 11 is 0. The number of aromatic nitrogens is 4. The molecule has 0 atom stereocenters. The van der Waals surface area contributed by atoms with Crippen LogP contribution in [0.2, 0.25) is 157 Å². The number of nitrogens with one attached hydrogen (secondary N) is 2. The van der Waals surface area contributed by atoms with Crippen molar-refractivity contribution in [3.8, 4) is 134 Å². The van der Waals surface area contributed by atoms with E-state index in [9.17, 15) is 0 Å². The van der Waals surface area contributed by atoms with Crippen molar-refractivity contribution in [1.29, 1.82) is 0 Å². The van der Waals surface area contributed by atoms with E-state index in [2.05, 4.69) is 496 Å². The molecule has 2 aliphatic rings. The van der Waals surface area contributed by atoms with Gasteiger partial charge in [0.25, 0.3) is 0 Å². The van der Waals surface area contributed by atoms with E-state index in [0.29, 0.717) is 0 Å². The van der Waals surface area contributed by atoms with Crippen LogP contribution in [0.5, 0.6) is 0 Å². The van der Waals surface area contributed by atoms with E-state index >= 15 is 0 Å². The fourth-order valence-corrected chi connectivity index (χ4v) is 40.3. The zero-order valence-electron chi connectivity index (χ0n) is 94.7. The molecule has 0 aliphatic carbocycles. The molecule has 144 heavy (non-hydrogen) atoms. The first-order valence-corrected chi connectivity index (χ1v) is 80.8. The van der Waals surface area contributed by atoms with Gasteiger partial charge in [-0.3, -0.25) is 0 Å². The molecular formula is C132H158N4Si8. The number of fused-ring (bicyclic) bond motifs is 8. The molecule has 5 heterocycles. The van der Waals surface area contributed by atoms with E-state index in [4.69, 9.17) is 9.97 Å². The number of hydrogen-bond acceptors (Lipinski definition) is 2. The quantitative estimate of drug-likeness (QED) is 0.0747. The third-order valence-corrected chi connectivity index (χ3v) is 48.8. The van der Waals surface area contributed by atoms with Crippen LogP contribution < -0.4 is 41.5 Å². The Labute approximate surface area is 872 Å². The minimum absolute atomic E-state index is 0.882. The lowest BCUT2D eigenvalue weighted by molar-refractivity contribution is 1.31. The summed E-state index contributed by atoms with van der Waals surface area (Å²) in [6.07, 6.45) is 9.54. The van der Waals surface area contributed by atoms with Gasteiger partial charge >= 0.3 is 0 Å². The molecule has 0 fully saturated rings. The monoisotopic (exact) mass is 2020 g/mol. The average molecular weight is 2030 g/mol. The number of H-pyrrole nitrogens is 2. The Kier molecular flexibility index (Phi) is 27.3. The van der Waals surface area contributed by atoms with Crippen LogP contribution in [0.25, 0.3) is 180 Å². The van der Waals surface area contributed by atoms with Crippen molar-refractivity contribution in [2.75, 3.05) is 0 Å². The van der Waals surface area contributed by atoms with Gasteiger partial charge in [0, 0.05) is 44.3 Å². The van der Waals surface area contributed by atoms with Crippen LogP contribution in [-0.2, 0) is 0 Å². The Bertz CT molecular complexity index is 7100. The predicted octanol–water partition coefficient (Wildman–Crippen LogP) is 34.0. The molecule has 738 valence electrons. The molecule has 2 N–H and O–H groups in total. The van der Waals surface area contributed by atoms with Crippen LogP contribution in [0.3, 0.4) is 0 Å². The van der Waals surface area contributed by atoms with Gasteiger partial charge in [0.2, 0.25) is 0 Å². The second-order valence-electron chi connectivity index (χ2n) is 51.1. The van der Waals surface area contributed by atoms with E-state index in [1.165, 1.54) is 220 Å². The lowest BCUT2D eigenvalue weighted by Gasteiger charge is -2.29. The molecule has 17 rings (SSSR count). The van der Waals surface area contributed by atoms with Crippen LogP contribution in [0.4, 0.5) is 0 Å². The largest absolute Gasteiger partial charge is 0.354 e. The van der Waals surface area contributed by atoms with Crippen molar-refractivity contribution >= 4 is 152 Å². The zero-order valence-corrected chi connectivity index (χ0v) is 103. The summed E-state index contributed by atoms with van der Waals surface area (Å²) in [4.78, 5) is 22.2. The molecule has 12 aromatic carbocycles. The minimum Gasteiger partial charge on any atom is -0.354 e. The molecule has 8 bridgehead atoms. The second-order valence-corrected chi connectivity index (χ2v) is 91.4. The van der Waals surface area contributed by atoms with Crippen molar-refractivity contribution in [2.45, 2.75) is 268 Å². The standard InChI is InChI=1S/C132H158N4Si8/c1-77-45-41-46-78(2)117(77)121-89(13)129(141(29,30)31)85(9)69-105(121)101-73-93(137(17,18)19)53-57-97(101)125-109-61-63-111(133-109)126(98-58-54-94(138(20,21)22)74-102(98)106-70-86(10)130(142(32,33)34)90(14)122(106)118-79(3)47-42-48-80(118)4)113-65-67-115(135-113)128(100-60-56-96(140(26,27)28)76-104(100)108-72-88(12)132(144(38,39)40)92(16)124(108)120-83(7)51-44-52-84(120)8)116-68-66-114(136-116)127(112-64-62-110(125)134-112)99-59-55-95(139(23,24)25)75-103(99)107-71-87(11)131(143(35,36)37)91(15)123(107)119-81(5)49-43-50-82(119)6/h41-76,133,136H,1-40H3. The first kappa shape index (κ1) is 104. The highest BCUT2D eigenvalue weighted by Gasteiger charge is 2.38. The fourth-order valence-electron chi connectivity index (χ4n) is 25.7. The van der Waals surface area contributed by atoms with E-state index < -0.39 is 64.6 Å². The van der Waals surface area contributed by atoms with Crippen molar-refractivity contribution in [3.63, 3.8) is 0 Å². The molecule has 0 saturated carbocycles. The summed E-state index contributed by atoms with van der Waals surface area (Å²) in [6.45, 7) is 98.9. The number of nitrogens with zero attached hydrogens (tertiary/aromatic N) is 2. The first-order valence-electron chi connectivity index (χ1n) is 52.8. The van der Waals surface area contributed by atoms with E-state index in [0.717, 1.165) is 89.4 Å². The van der Waals surface area contributed by atoms with Gasteiger partial charge in [-0.25, -0.2) is 9.97 Å². The molecule has 3 aromatic heterocycles. The van der Waals surface area contributed by atoms with Gasteiger partial charge in [0.1, 0.15) is 0 Å². The summed E-state index contributed by atoms with van der Waals surface area (Å²) < 4.78 is 0. The SMILES string of the molecule is Cc1cccc(C)c1-c1c(-c2cc([Si](C)(C)C)ccc2-c2c3nc(c(-c4ccc([Si](C)(C)C)cc4-c4cc(C)c([Si](C)(C)C)c(C)c4-c4c(C)cccc4C)c4ccc([nH]4)c(-c4ccc([Si](C)(C)C)cc4-c4cc(C)c([Si](C)(C)C)c(C)c4-c4c(C)cccc4C)c4nc(c(-c5ccc([Si](C)(C)C)cc5-c5cc(C)c([Si](C)(C)C)c(C)c5-c5c(C)cccc5C)c5ccc2[nH]5)C=C4)C=C3)cc(C)c([Si](C)(C)C)c1C. The lowest BCUT2D eigenvalue weighted by Crippen LogP contribution is -2.42. The molecule has 0 radical (unpaired) electrons. The van der Waals surface area contributed by atoms with Gasteiger partial charge in [0.15, 0.2) is 0 Å². The molecule has 15 aromatic rings. The van der Waals surface area contributed by atoms with Gasteiger partial charge in [-0.05, 0) is 337 Å². The highest BCUT2D eigenvalue weighted by molar-refractivity contribution is 6.92. The molecule has 0 unspecified atom stereocenters. The summed E-state index contributed by atoms with van der Waals surface area (Å²) in [5.74, 6) is 0. The molecule has 12 heteroatoms. The Hall–Kier alpha value is -11.0. The average Bonchev–Trinajstić information content (AvgIpc) is 1.16. The lowest BCUT2D eigenvalue weighted by atomic mass is 9.83. The van der Waals surface area contributed by atoms with Crippen molar-refractivity contribution < 1.29 is 0 Å². The topological polar surface area (TPSA) is 57.4 Å². The normalized spacial score (nSPS) is 12.9.